The number of carbonyl (C=O) groups is 3. The van der Waals surface area contributed by atoms with Gasteiger partial charge >= 0.3 is 0 Å². The zero-order chi connectivity index (χ0) is 28.4. The number of aryl methyl sites for hydroxylation is 2. The number of H-pyrrole nitrogens is 1. The van der Waals surface area contributed by atoms with Crippen molar-refractivity contribution in [1.82, 2.24) is 25.2 Å². The van der Waals surface area contributed by atoms with E-state index in [2.05, 4.69) is 30.6 Å². The number of benzene rings is 2. The predicted octanol–water partition coefficient (Wildman–Crippen LogP) is 3.39. The molecule has 0 saturated carbocycles. The van der Waals surface area contributed by atoms with Crippen LogP contribution in [0.15, 0.2) is 59.7 Å². The van der Waals surface area contributed by atoms with E-state index in [9.17, 15) is 14.4 Å². The smallest absolute Gasteiger partial charge is 0.262 e. The summed E-state index contributed by atoms with van der Waals surface area (Å²) >= 11 is 0. The first-order chi connectivity index (χ1) is 19.2. The van der Waals surface area contributed by atoms with E-state index in [1.165, 1.54) is 6.92 Å². The Bertz CT molecular complexity index is 1600. The Balaban J connectivity index is 1.35. The maximum atomic E-state index is 13.3. The number of imide groups is 1. The Labute approximate surface area is 230 Å². The number of fused-ring (bicyclic) bond motifs is 2. The third-order valence-electron chi connectivity index (χ3n) is 6.67. The molecule has 0 saturated heterocycles. The number of guanidine groups is 1. The molecule has 5 rings (SSSR count). The summed E-state index contributed by atoms with van der Waals surface area (Å²) in [4.78, 5) is 56.7. The zero-order valence-electron chi connectivity index (χ0n) is 22.6. The second-order valence-electron chi connectivity index (χ2n) is 9.50. The Morgan fingerprint density at radius 1 is 1.05 bits per heavy atom. The number of nitrogens with zero attached hydrogens (tertiary/aromatic N) is 4. The summed E-state index contributed by atoms with van der Waals surface area (Å²) in [6, 6.07) is 13.1. The third-order valence-corrected chi connectivity index (χ3v) is 6.67. The van der Waals surface area contributed by atoms with Crippen LogP contribution in [0.1, 0.15) is 44.6 Å². The van der Waals surface area contributed by atoms with Gasteiger partial charge in [-0.1, -0.05) is 12.1 Å². The van der Waals surface area contributed by atoms with Gasteiger partial charge in [0.15, 0.2) is 0 Å². The molecular formula is C29H29N7O4. The van der Waals surface area contributed by atoms with Crippen LogP contribution >= 0.6 is 0 Å². The lowest BCUT2D eigenvalue weighted by Crippen LogP contribution is -2.50. The molecule has 40 heavy (non-hydrogen) atoms. The molecule has 0 fully saturated rings. The molecule has 1 aliphatic heterocycles. The molecule has 2 aromatic carbocycles. The number of rotatable bonds is 7. The van der Waals surface area contributed by atoms with Crippen molar-refractivity contribution < 1.29 is 19.1 Å². The normalized spacial score (nSPS) is 13.9. The number of aromatic amines is 1. The highest BCUT2D eigenvalue weighted by Crippen LogP contribution is 2.25. The average Bonchev–Trinajstić information content (AvgIpc) is 3.45. The summed E-state index contributed by atoms with van der Waals surface area (Å²) in [5.41, 5.74) is 4.04. The van der Waals surface area contributed by atoms with Crippen molar-refractivity contribution in [2.45, 2.75) is 33.2 Å². The Morgan fingerprint density at radius 2 is 1.73 bits per heavy atom. The zero-order valence-corrected chi connectivity index (χ0v) is 22.6. The number of hydrogen-bond acceptors (Lipinski definition) is 7. The van der Waals surface area contributed by atoms with Crippen molar-refractivity contribution in [3.63, 3.8) is 0 Å². The molecule has 0 spiro atoms. The van der Waals surface area contributed by atoms with Crippen molar-refractivity contribution in [2.75, 3.05) is 19.0 Å². The first-order valence-corrected chi connectivity index (χ1v) is 12.8. The van der Waals surface area contributed by atoms with E-state index in [0.717, 1.165) is 38.5 Å². The molecule has 2 aromatic heterocycles. The third kappa shape index (κ3) is 5.26. The molecule has 3 N–H and O–H groups in total. The number of amides is 3. The quantitative estimate of drug-likeness (QED) is 0.186. The average molecular weight is 540 g/mol. The number of ether oxygens (including phenoxy) is 1. The highest BCUT2D eigenvalue weighted by Gasteiger charge is 2.40. The molecule has 3 heterocycles. The van der Waals surface area contributed by atoms with E-state index in [4.69, 9.17) is 4.74 Å². The van der Waals surface area contributed by atoms with Crippen molar-refractivity contribution in [3.8, 4) is 5.75 Å². The van der Waals surface area contributed by atoms with Gasteiger partial charge in [-0.15, -0.1) is 0 Å². The van der Waals surface area contributed by atoms with Gasteiger partial charge < -0.3 is 9.72 Å². The predicted molar refractivity (Wildman–Crippen MR) is 151 cm³/mol. The molecule has 11 heteroatoms. The van der Waals surface area contributed by atoms with Crippen LogP contribution in [0, 0.1) is 13.8 Å². The molecule has 204 valence electrons. The SMILES string of the molecule is COc1ccc2c(CCN=C(NC(=O)[C@@H](C)N3C(=O)c4ccccc4C3=O)Nc3nc(C)cc(C)n3)c[nH]c2c1. The van der Waals surface area contributed by atoms with Gasteiger partial charge in [0.2, 0.25) is 17.8 Å². The number of carbonyl (C=O) groups excluding carboxylic acids is 3. The first kappa shape index (κ1) is 26.5. The van der Waals surface area contributed by atoms with Crippen molar-refractivity contribution in [3.05, 3.63) is 82.8 Å². The van der Waals surface area contributed by atoms with Crippen LogP contribution < -0.4 is 15.4 Å². The number of aliphatic imine (C=N–C) groups is 1. The molecule has 1 atom stereocenters. The minimum atomic E-state index is -1.08. The Kier molecular flexibility index (Phi) is 7.28. The fraction of sp³-hybridized carbons (Fsp3) is 0.241. The number of anilines is 1. The van der Waals surface area contributed by atoms with Crippen molar-refractivity contribution in [1.29, 1.82) is 0 Å². The van der Waals surface area contributed by atoms with E-state index >= 15 is 0 Å². The minimum absolute atomic E-state index is 0.111. The molecule has 1 aliphatic rings. The lowest BCUT2D eigenvalue weighted by atomic mass is 10.1. The highest BCUT2D eigenvalue weighted by molar-refractivity contribution is 6.23. The summed E-state index contributed by atoms with van der Waals surface area (Å²) in [5, 5.41) is 6.77. The highest BCUT2D eigenvalue weighted by atomic mass is 16.5. The molecule has 0 aliphatic carbocycles. The summed E-state index contributed by atoms with van der Waals surface area (Å²) in [6.45, 7) is 5.51. The molecule has 11 nitrogen and oxygen atoms in total. The van der Waals surface area contributed by atoms with Gasteiger partial charge in [-0.05, 0) is 63.1 Å². The van der Waals surface area contributed by atoms with Gasteiger partial charge in [0.1, 0.15) is 11.8 Å². The van der Waals surface area contributed by atoms with E-state index in [-0.39, 0.29) is 23.0 Å². The monoisotopic (exact) mass is 539 g/mol. The fourth-order valence-electron chi connectivity index (χ4n) is 4.68. The summed E-state index contributed by atoms with van der Waals surface area (Å²) in [6.07, 6.45) is 2.50. The Hall–Kier alpha value is -5.06. The van der Waals surface area contributed by atoms with Gasteiger partial charge in [-0.3, -0.25) is 34.9 Å². The molecule has 0 unspecified atom stereocenters. The van der Waals surface area contributed by atoms with Crippen molar-refractivity contribution >= 4 is 40.5 Å². The fourth-order valence-corrected chi connectivity index (χ4v) is 4.68. The summed E-state index contributed by atoms with van der Waals surface area (Å²) < 4.78 is 5.29. The van der Waals surface area contributed by atoms with Crippen LogP contribution in [0.4, 0.5) is 5.95 Å². The first-order valence-electron chi connectivity index (χ1n) is 12.8. The van der Waals surface area contributed by atoms with Crippen LogP contribution in [0.3, 0.4) is 0 Å². The second kappa shape index (κ2) is 11.0. The van der Waals surface area contributed by atoms with Crippen LogP contribution in [0.5, 0.6) is 5.75 Å². The molecule has 0 bridgehead atoms. The van der Waals surface area contributed by atoms with Gasteiger partial charge in [-0.25, -0.2) is 9.97 Å². The number of aromatic nitrogens is 3. The number of methoxy groups -OCH3 is 1. The van der Waals surface area contributed by atoms with Crippen LogP contribution in [-0.4, -0.2) is 63.2 Å². The van der Waals surface area contributed by atoms with Crippen LogP contribution in [0.2, 0.25) is 0 Å². The van der Waals surface area contributed by atoms with Crippen LogP contribution in [0.25, 0.3) is 10.9 Å². The molecular weight excluding hydrogens is 510 g/mol. The largest absolute Gasteiger partial charge is 0.497 e. The summed E-state index contributed by atoms with van der Waals surface area (Å²) in [5.74, 6) is -0.464. The maximum absolute atomic E-state index is 13.3. The minimum Gasteiger partial charge on any atom is -0.497 e. The van der Waals surface area contributed by atoms with Gasteiger partial charge in [0.05, 0.1) is 18.2 Å². The molecule has 0 radical (unpaired) electrons. The van der Waals surface area contributed by atoms with E-state index in [1.807, 2.05) is 44.3 Å². The standard InChI is InChI=1S/C29H29N7O4/c1-16-13-17(2)33-29(32-16)35-28(30-12-11-19-15-31-24-14-20(40-4)9-10-21(19)24)34-25(37)18(3)36-26(38)22-7-5-6-8-23(22)27(36)39/h5-10,13-15,18,31H,11-12H2,1-4H3,(H2,30,32,33,34,35,37)/t18-/m1/s1. The van der Waals surface area contributed by atoms with E-state index < -0.39 is 23.8 Å². The Morgan fingerprint density at radius 3 is 2.38 bits per heavy atom. The van der Waals surface area contributed by atoms with E-state index in [1.54, 1.807) is 31.4 Å². The summed E-state index contributed by atoms with van der Waals surface area (Å²) in [7, 11) is 1.62. The van der Waals surface area contributed by atoms with Crippen molar-refractivity contribution in [2.24, 2.45) is 4.99 Å². The lowest BCUT2D eigenvalue weighted by molar-refractivity contribution is -0.123. The molecule has 4 aromatic rings. The number of hydrogen-bond donors (Lipinski definition) is 3. The lowest BCUT2D eigenvalue weighted by Gasteiger charge is -2.22. The molecule has 3 amide bonds. The van der Waals surface area contributed by atoms with Gasteiger partial charge in [0.25, 0.3) is 11.8 Å². The maximum Gasteiger partial charge on any atom is 0.262 e. The van der Waals surface area contributed by atoms with Gasteiger partial charge in [-0.2, -0.15) is 0 Å². The number of nitrogens with one attached hydrogen (secondary N) is 3. The van der Waals surface area contributed by atoms with Gasteiger partial charge in [0, 0.05) is 41.1 Å². The second-order valence-corrected chi connectivity index (χ2v) is 9.50. The topological polar surface area (TPSA) is 142 Å². The van der Waals surface area contributed by atoms with Crippen LogP contribution in [-0.2, 0) is 11.2 Å². The van der Waals surface area contributed by atoms with E-state index in [0.29, 0.717) is 13.0 Å².